The monoisotopic (exact) mass is 1280 g/mol. The van der Waals surface area contributed by atoms with Gasteiger partial charge in [-0.3, -0.25) is 0 Å². The van der Waals surface area contributed by atoms with E-state index in [1.807, 2.05) is 0 Å². The van der Waals surface area contributed by atoms with Crippen LogP contribution in [0.15, 0.2) is 328 Å². The molecule has 19 aromatic rings. The minimum absolute atomic E-state index is 1.20. The molecule has 6 aliphatic rings. The van der Waals surface area contributed by atoms with Gasteiger partial charge in [-0.1, -0.05) is 328 Å². The summed E-state index contributed by atoms with van der Waals surface area (Å²) in [4.78, 5) is 0. The molecule has 0 heterocycles. The molecule has 0 amide bonds. The van der Waals surface area contributed by atoms with Gasteiger partial charge in [0.05, 0.1) is 0 Å². The van der Waals surface area contributed by atoms with Crippen molar-refractivity contribution < 1.29 is 0 Å². The van der Waals surface area contributed by atoms with Gasteiger partial charge in [0.1, 0.15) is 0 Å². The topological polar surface area (TPSA) is 0 Å². The Bertz CT molecular complexity index is 5920. The molecule has 0 saturated heterocycles. The average Bonchev–Trinajstić information content (AvgIpc) is 1.11. The number of benzene rings is 19. The maximum absolute atomic E-state index is 2.54. The van der Waals surface area contributed by atoms with Crippen LogP contribution in [0.1, 0.15) is 0 Å². The van der Waals surface area contributed by atoms with Crippen molar-refractivity contribution in [3.8, 4) is 200 Å². The molecule has 0 bridgehead atoms. The molecule has 0 fully saturated rings. The highest BCUT2D eigenvalue weighted by atomic mass is 14.4. The summed E-state index contributed by atoms with van der Waals surface area (Å²) >= 11 is 0. The third-order valence-corrected chi connectivity index (χ3v) is 24.4. The fraction of sp³-hybridized carbons (Fsp3) is 0. The smallest absolute Gasteiger partial charge is 0.000717 e. The molecule has 102 heavy (non-hydrogen) atoms. The Balaban J connectivity index is 0.981. The lowest BCUT2D eigenvalue weighted by Crippen LogP contribution is -2.04. The molecule has 0 radical (unpaired) electrons. The van der Waals surface area contributed by atoms with Crippen molar-refractivity contribution in [2.24, 2.45) is 0 Å². The summed E-state index contributed by atoms with van der Waals surface area (Å²) in [6.07, 6.45) is 0. The average molecular weight is 1280 g/mol. The molecule has 0 atom stereocenters. The second-order valence-corrected chi connectivity index (χ2v) is 28.9. The summed E-state index contributed by atoms with van der Waals surface area (Å²) in [5.41, 5.74) is 45.2. The molecule has 0 spiro atoms. The molecule has 25 rings (SSSR count). The number of fused-ring (bicyclic) bond motifs is 18. The number of hydrogen-bond donors (Lipinski definition) is 0. The van der Waals surface area contributed by atoms with Gasteiger partial charge < -0.3 is 0 Å². The predicted octanol–water partition coefficient (Wildman–Crippen LogP) is 28.5. The van der Waals surface area contributed by atoms with Crippen LogP contribution in [-0.4, -0.2) is 0 Å². The van der Waals surface area contributed by atoms with Gasteiger partial charge in [-0.2, -0.15) is 0 Å². The molecule has 0 nitrogen and oxygen atoms in total. The minimum Gasteiger partial charge on any atom is -0.0616 e. The number of rotatable bonds is 6. The first-order chi connectivity index (χ1) is 50.7. The molecular formula is C102H54. The second kappa shape index (κ2) is 19.3. The highest BCUT2D eigenvalue weighted by Gasteiger charge is 2.38. The first-order valence-corrected chi connectivity index (χ1v) is 35.9. The fourth-order valence-corrected chi connectivity index (χ4v) is 20.5. The molecule has 462 valence electrons. The van der Waals surface area contributed by atoms with Crippen molar-refractivity contribution in [1.82, 2.24) is 0 Å². The zero-order chi connectivity index (χ0) is 65.9. The zero-order valence-electron chi connectivity index (χ0n) is 55.2. The fourth-order valence-electron chi connectivity index (χ4n) is 20.5. The van der Waals surface area contributed by atoms with Gasteiger partial charge in [0, 0.05) is 0 Å². The van der Waals surface area contributed by atoms with E-state index in [4.69, 9.17) is 0 Å². The highest BCUT2D eigenvalue weighted by Crippen LogP contribution is 2.66. The van der Waals surface area contributed by atoms with Crippen molar-refractivity contribution in [2.45, 2.75) is 0 Å². The van der Waals surface area contributed by atoms with Crippen LogP contribution in [0.25, 0.3) is 265 Å². The first-order valence-electron chi connectivity index (χ1n) is 35.9. The van der Waals surface area contributed by atoms with Crippen molar-refractivity contribution in [2.75, 3.05) is 0 Å². The Morgan fingerprint density at radius 3 is 0.324 bits per heavy atom. The third-order valence-electron chi connectivity index (χ3n) is 24.4. The number of hydrogen-bond acceptors (Lipinski definition) is 0. The van der Waals surface area contributed by atoms with Crippen molar-refractivity contribution in [1.29, 1.82) is 0 Å². The standard InChI is InChI=1S/C102H54/c1-7-25-61-55(19-1)67-31-13-37-73-85(49-43-79(61)91(67)73)97-98(86-50-44-80-62-26-8-2-20-56(62)68-32-14-38-74(86)92(68)80)100(88-52-46-82-64-28-10-4-22-58(64)70-34-16-40-76(88)94(70)82)102(90-54-48-84-66-30-12-6-24-60(66)72-36-18-42-78(90)96(72)84)101(89-53-47-83-65-29-11-5-23-59(65)71-35-17-41-77(89)95(71)83)99(97)87-51-45-81-63-27-9-3-21-57(63)69-33-15-39-75(87)93(69)81/h1-54H. The van der Waals surface area contributed by atoms with Crippen LogP contribution in [-0.2, 0) is 0 Å². The van der Waals surface area contributed by atoms with E-state index >= 15 is 0 Å². The normalized spacial score (nSPS) is 12.7. The molecule has 6 aliphatic carbocycles. The van der Waals surface area contributed by atoms with Crippen molar-refractivity contribution >= 4 is 64.6 Å². The Morgan fingerprint density at radius 1 is 0.0784 bits per heavy atom. The summed E-state index contributed by atoms with van der Waals surface area (Å²) in [5.74, 6) is 0. The molecule has 0 aliphatic heterocycles. The minimum atomic E-state index is 1.20. The van der Waals surface area contributed by atoms with E-state index in [2.05, 4.69) is 328 Å². The molecular weight excluding hydrogens is 1230 g/mol. The molecule has 0 N–H and O–H groups in total. The summed E-state index contributed by atoms with van der Waals surface area (Å²) in [7, 11) is 0. The van der Waals surface area contributed by atoms with Gasteiger partial charge in [-0.15, -0.1) is 0 Å². The Labute approximate surface area is 588 Å². The SMILES string of the molecule is c1ccc2c(c1)-c1cccc3c(-c4c(-c5ccc6c7c(cccc57)-c5ccccc5-6)c(-c5ccc6c7c(cccc57)-c5ccccc5-6)c(-c5ccc6c7c(cccc57)-c5ccccc5-6)c(-c5ccc6c7c(cccc57)-c5ccccc5-6)c4-c4ccc5c6c(cccc46)-c4ccccc4-5)ccc-2c13. The molecule has 0 saturated carbocycles. The first kappa shape index (κ1) is 53.7. The summed E-state index contributed by atoms with van der Waals surface area (Å²) in [5, 5.41) is 15.2. The Hall–Kier alpha value is -13.3. The van der Waals surface area contributed by atoms with Crippen LogP contribution in [0.4, 0.5) is 0 Å². The van der Waals surface area contributed by atoms with Crippen LogP contribution in [0.2, 0.25) is 0 Å². The molecule has 0 unspecified atom stereocenters. The quantitative estimate of drug-likeness (QED) is 0.156. The van der Waals surface area contributed by atoms with Gasteiger partial charge in [0.25, 0.3) is 0 Å². The van der Waals surface area contributed by atoms with Crippen molar-refractivity contribution in [3.63, 3.8) is 0 Å². The van der Waals surface area contributed by atoms with Gasteiger partial charge in [0.2, 0.25) is 0 Å². The van der Waals surface area contributed by atoms with E-state index in [1.54, 1.807) is 0 Å². The van der Waals surface area contributed by atoms with Crippen LogP contribution < -0.4 is 0 Å². The van der Waals surface area contributed by atoms with E-state index in [0.717, 1.165) is 0 Å². The summed E-state index contributed by atoms with van der Waals surface area (Å²) < 4.78 is 0. The zero-order valence-corrected chi connectivity index (χ0v) is 55.2. The maximum atomic E-state index is 2.54. The van der Waals surface area contributed by atoms with Crippen LogP contribution in [0, 0.1) is 0 Å². The summed E-state index contributed by atoms with van der Waals surface area (Å²) in [6, 6.07) is 128. The van der Waals surface area contributed by atoms with Crippen LogP contribution in [0.5, 0.6) is 0 Å². The van der Waals surface area contributed by atoms with Gasteiger partial charge in [0.15, 0.2) is 0 Å². The Morgan fingerprint density at radius 2 is 0.186 bits per heavy atom. The molecule has 0 aromatic heterocycles. The lowest BCUT2D eigenvalue weighted by atomic mass is 9.70. The van der Waals surface area contributed by atoms with Gasteiger partial charge in [-0.05, 0) is 265 Å². The van der Waals surface area contributed by atoms with E-state index in [1.165, 1.54) is 265 Å². The van der Waals surface area contributed by atoms with E-state index in [9.17, 15) is 0 Å². The van der Waals surface area contributed by atoms with Crippen LogP contribution >= 0.6 is 0 Å². The van der Waals surface area contributed by atoms with Crippen molar-refractivity contribution in [3.05, 3.63) is 328 Å². The van der Waals surface area contributed by atoms with Gasteiger partial charge in [-0.25, -0.2) is 0 Å². The predicted molar refractivity (Wildman–Crippen MR) is 431 cm³/mol. The van der Waals surface area contributed by atoms with Gasteiger partial charge >= 0.3 is 0 Å². The Kier molecular flexibility index (Phi) is 10.2. The largest absolute Gasteiger partial charge is 0.0616 e. The van der Waals surface area contributed by atoms with E-state index in [0.29, 0.717) is 0 Å². The third kappa shape index (κ3) is 6.60. The molecule has 19 aromatic carbocycles. The lowest BCUT2D eigenvalue weighted by Gasteiger charge is -2.31. The van der Waals surface area contributed by atoms with Crippen LogP contribution in [0.3, 0.4) is 0 Å². The van der Waals surface area contributed by atoms with E-state index in [-0.39, 0.29) is 0 Å². The maximum Gasteiger partial charge on any atom is -0.000717 e. The summed E-state index contributed by atoms with van der Waals surface area (Å²) in [6.45, 7) is 0. The second-order valence-electron chi connectivity index (χ2n) is 28.9. The highest BCUT2D eigenvalue weighted by molar-refractivity contribution is 6.34. The lowest BCUT2D eigenvalue weighted by molar-refractivity contribution is 1.56. The molecule has 0 heteroatoms. The van der Waals surface area contributed by atoms with E-state index < -0.39 is 0 Å².